The van der Waals surface area contributed by atoms with Crippen molar-refractivity contribution in [3.8, 4) is 0 Å². The zero-order valence-corrected chi connectivity index (χ0v) is 16.6. The van der Waals surface area contributed by atoms with Gasteiger partial charge in [0.05, 0.1) is 16.1 Å². The first-order valence-electron chi connectivity index (χ1n) is 9.40. The summed E-state index contributed by atoms with van der Waals surface area (Å²) in [6, 6.07) is 6.31. The smallest absolute Gasteiger partial charge is 0.348 e. The third-order valence-electron chi connectivity index (χ3n) is 5.10. The standard InChI is InChI=1S/C19H20ClF3N6O/c20-14-9-11(3-4-12(14)17(30)29-7-1-2-8-29)19(24)27-15-13(5-6-25-15)16(28-19)26-10-18(21,22)23/h3-6,9,25,27H,1-2,7-8,10,24H2,(H,26,28). The number of carbonyl (C=O) groups excluding carboxylic acids is 1. The number of hydrogen-bond acceptors (Lipinski definition) is 4. The van der Waals surface area contributed by atoms with Gasteiger partial charge in [-0.15, -0.1) is 0 Å². The Morgan fingerprint density at radius 1 is 1.23 bits per heavy atom. The second kappa shape index (κ2) is 7.51. The van der Waals surface area contributed by atoms with Gasteiger partial charge >= 0.3 is 6.18 Å². The molecule has 3 heterocycles. The fraction of sp³-hybridized carbons (Fsp3) is 0.368. The van der Waals surface area contributed by atoms with Crippen molar-refractivity contribution in [1.29, 1.82) is 0 Å². The Balaban J connectivity index is 1.64. The van der Waals surface area contributed by atoms with Crippen molar-refractivity contribution >= 4 is 29.2 Å². The van der Waals surface area contributed by atoms with Crippen molar-refractivity contribution in [2.45, 2.75) is 24.8 Å². The number of likely N-dealkylation sites (tertiary alicyclic amines) is 1. The van der Waals surface area contributed by atoms with Gasteiger partial charge in [-0.2, -0.15) is 13.2 Å². The highest BCUT2D eigenvalue weighted by Gasteiger charge is 2.37. The largest absolute Gasteiger partial charge is 0.408 e. The lowest BCUT2D eigenvalue weighted by atomic mass is 10.0. The van der Waals surface area contributed by atoms with Crippen molar-refractivity contribution in [3.05, 3.63) is 52.2 Å². The molecule has 0 radical (unpaired) electrons. The number of rotatable bonds is 3. The van der Waals surface area contributed by atoms with Crippen LogP contribution in [0.5, 0.6) is 0 Å². The summed E-state index contributed by atoms with van der Waals surface area (Å²) in [5.41, 5.74) is 7.67. The van der Waals surface area contributed by atoms with Crippen LogP contribution in [-0.2, 0) is 5.79 Å². The molecule has 160 valence electrons. The summed E-state index contributed by atoms with van der Waals surface area (Å²) in [6.45, 7) is 0.0328. The highest BCUT2D eigenvalue weighted by molar-refractivity contribution is 6.34. The van der Waals surface area contributed by atoms with Crippen molar-refractivity contribution in [2.24, 2.45) is 10.7 Å². The highest BCUT2D eigenvalue weighted by Crippen LogP contribution is 2.30. The Morgan fingerprint density at radius 2 is 1.97 bits per heavy atom. The molecule has 1 atom stereocenters. The molecule has 1 aromatic heterocycles. The second-order valence-electron chi connectivity index (χ2n) is 7.30. The minimum absolute atomic E-state index is 0.00170. The maximum Gasteiger partial charge on any atom is 0.408 e. The predicted octanol–water partition coefficient (Wildman–Crippen LogP) is 3.00. The number of amidine groups is 1. The average Bonchev–Trinajstić information content (AvgIpc) is 3.36. The fourth-order valence-corrected chi connectivity index (χ4v) is 3.88. The Hall–Kier alpha value is -2.72. The zero-order chi connectivity index (χ0) is 21.5. The minimum Gasteiger partial charge on any atom is -0.348 e. The van der Waals surface area contributed by atoms with Gasteiger partial charge in [0.2, 0.25) is 0 Å². The van der Waals surface area contributed by atoms with Gasteiger partial charge in [-0.05, 0) is 31.0 Å². The van der Waals surface area contributed by atoms with Crippen LogP contribution in [0.2, 0.25) is 5.02 Å². The molecule has 2 aliphatic rings. The Kier molecular flexibility index (Phi) is 5.15. The topological polar surface area (TPSA) is 98.5 Å². The number of H-pyrrole nitrogens is 1. The van der Waals surface area contributed by atoms with E-state index in [0.717, 1.165) is 12.8 Å². The number of nitrogens with one attached hydrogen (secondary N) is 3. The molecular weight excluding hydrogens is 421 g/mol. The van der Waals surface area contributed by atoms with Crippen LogP contribution in [0.4, 0.5) is 19.0 Å². The lowest BCUT2D eigenvalue weighted by Gasteiger charge is -2.38. The van der Waals surface area contributed by atoms with E-state index in [1.165, 1.54) is 6.07 Å². The van der Waals surface area contributed by atoms with Crippen molar-refractivity contribution in [3.63, 3.8) is 0 Å². The van der Waals surface area contributed by atoms with Crippen LogP contribution in [0.3, 0.4) is 0 Å². The van der Waals surface area contributed by atoms with Gasteiger partial charge in [0.1, 0.15) is 18.2 Å². The van der Waals surface area contributed by atoms with Crippen LogP contribution in [0.1, 0.15) is 34.3 Å². The van der Waals surface area contributed by atoms with Crippen molar-refractivity contribution in [2.75, 3.05) is 25.0 Å². The number of fused-ring (bicyclic) bond motifs is 1. The summed E-state index contributed by atoms with van der Waals surface area (Å²) in [4.78, 5) is 20.9. The van der Waals surface area contributed by atoms with Crippen molar-refractivity contribution < 1.29 is 18.0 Å². The first-order valence-corrected chi connectivity index (χ1v) is 9.77. The molecule has 7 nitrogen and oxygen atoms in total. The molecule has 30 heavy (non-hydrogen) atoms. The summed E-state index contributed by atoms with van der Waals surface area (Å²) >= 11 is 6.37. The van der Waals surface area contributed by atoms with Crippen molar-refractivity contribution in [1.82, 2.24) is 15.2 Å². The van der Waals surface area contributed by atoms with Crippen LogP contribution in [0.15, 0.2) is 35.5 Å². The van der Waals surface area contributed by atoms with Gasteiger partial charge in [-0.25, -0.2) is 0 Å². The predicted molar refractivity (Wildman–Crippen MR) is 107 cm³/mol. The number of nitrogens with zero attached hydrogens (tertiary/aromatic N) is 2. The lowest BCUT2D eigenvalue weighted by molar-refractivity contribution is -0.118. The maximum absolute atomic E-state index is 12.7. The minimum atomic E-state index is -4.45. The summed E-state index contributed by atoms with van der Waals surface area (Å²) in [5.74, 6) is -1.22. The number of halogens is 4. The van der Waals surface area contributed by atoms with Gasteiger partial charge in [-0.1, -0.05) is 17.7 Å². The van der Waals surface area contributed by atoms with Crippen LogP contribution < -0.4 is 16.4 Å². The van der Waals surface area contributed by atoms with E-state index in [4.69, 9.17) is 17.3 Å². The third-order valence-corrected chi connectivity index (χ3v) is 5.42. The van der Waals surface area contributed by atoms with E-state index >= 15 is 0 Å². The van der Waals surface area contributed by atoms with Crippen LogP contribution in [0, 0.1) is 0 Å². The molecule has 1 unspecified atom stereocenters. The van der Waals surface area contributed by atoms with Crippen LogP contribution >= 0.6 is 11.6 Å². The van der Waals surface area contributed by atoms with Gasteiger partial charge < -0.3 is 20.5 Å². The number of aromatic nitrogens is 1. The van der Waals surface area contributed by atoms with E-state index in [9.17, 15) is 18.0 Å². The highest BCUT2D eigenvalue weighted by atomic mass is 35.5. The van der Waals surface area contributed by atoms with Gasteiger partial charge in [0.25, 0.3) is 5.91 Å². The third kappa shape index (κ3) is 3.97. The Labute approximate surface area is 175 Å². The molecular formula is C19H20ClF3N6O. The van der Waals surface area contributed by atoms with E-state index in [1.54, 1.807) is 29.3 Å². The number of aromatic amines is 1. The molecule has 1 amide bonds. The number of amides is 1. The van der Waals surface area contributed by atoms with E-state index in [0.29, 0.717) is 35.6 Å². The molecule has 11 heteroatoms. The number of aliphatic imine (C=N–C) groups is 1. The summed E-state index contributed by atoms with van der Waals surface area (Å²) in [5, 5.41) is 6.07. The van der Waals surface area contributed by atoms with E-state index in [1.807, 2.05) is 0 Å². The maximum atomic E-state index is 12.7. The van der Waals surface area contributed by atoms with Gasteiger partial charge in [-0.3, -0.25) is 15.5 Å². The molecule has 1 aromatic carbocycles. The molecule has 4 rings (SSSR count). The SMILES string of the molecule is NC1(c2ccc(C(=O)N3CCCC3)c(Cl)c2)NC(=NCC(F)(F)F)c2cc[nH]c2N1. The normalized spacial score (nSPS) is 22.6. The van der Waals surface area contributed by atoms with E-state index in [-0.39, 0.29) is 16.8 Å². The van der Waals surface area contributed by atoms with Crippen LogP contribution in [-0.4, -0.2) is 47.4 Å². The first-order chi connectivity index (χ1) is 14.2. The monoisotopic (exact) mass is 440 g/mol. The fourth-order valence-electron chi connectivity index (χ4n) is 3.61. The summed E-state index contributed by atoms with van der Waals surface area (Å²) in [6.07, 6.45) is -0.966. The van der Waals surface area contributed by atoms with Gasteiger partial charge in [0, 0.05) is 24.8 Å². The molecule has 0 aliphatic carbocycles. The molecule has 0 bridgehead atoms. The van der Waals surface area contributed by atoms with Crippen LogP contribution in [0.25, 0.3) is 0 Å². The number of anilines is 1. The Bertz CT molecular complexity index is 998. The molecule has 5 N–H and O–H groups in total. The molecule has 0 spiro atoms. The first kappa shape index (κ1) is 20.5. The second-order valence-corrected chi connectivity index (χ2v) is 7.71. The number of hydrogen-bond donors (Lipinski definition) is 4. The molecule has 1 saturated heterocycles. The average molecular weight is 441 g/mol. The summed E-state index contributed by atoms with van der Waals surface area (Å²) in [7, 11) is 0. The molecule has 0 saturated carbocycles. The van der Waals surface area contributed by atoms with E-state index < -0.39 is 18.5 Å². The number of benzene rings is 1. The van der Waals surface area contributed by atoms with E-state index in [2.05, 4.69) is 20.6 Å². The molecule has 1 fully saturated rings. The number of alkyl halides is 3. The molecule has 2 aliphatic heterocycles. The lowest BCUT2D eigenvalue weighted by Crippen LogP contribution is -2.61. The zero-order valence-electron chi connectivity index (χ0n) is 15.8. The quantitative estimate of drug-likeness (QED) is 0.589. The Morgan fingerprint density at radius 3 is 2.63 bits per heavy atom. The summed E-state index contributed by atoms with van der Waals surface area (Å²) < 4.78 is 38.1. The van der Waals surface area contributed by atoms with Gasteiger partial charge in [0.15, 0.2) is 5.79 Å². The molecule has 2 aromatic rings. The number of carbonyl (C=O) groups is 1. The number of nitrogens with two attached hydrogens (primary N) is 1.